The molecule has 1 fully saturated rings. The van der Waals surface area contributed by atoms with Gasteiger partial charge in [-0.1, -0.05) is 226 Å². The fraction of sp³-hybridized carbons (Fsp3) is 0.0882. The zero-order chi connectivity index (χ0) is 46.4. The molecule has 0 N–H and O–H groups in total. The van der Waals surface area contributed by atoms with Crippen molar-refractivity contribution >= 4 is 60.4 Å². The number of aromatic nitrogens is 1. The Morgan fingerprint density at radius 1 is 0.329 bits per heavy atom. The van der Waals surface area contributed by atoms with Crippen molar-refractivity contribution in [3.63, 3.8) is 0 Å². The molecule has 12 aromatic rings. The number of hydrogen-bond acceptors (Lipinski definition) is 1. The lowest BCUT2D eigenvalue weighted by molar-refractivity contribution is 0.445. The molecule has 0 aliphatic heterocycles. The fourth-order valence-corrected chi connectivity index (χ4v) is 11.9. The van der Waals surface area contributed by atoms with Gasteiger partial charge in [-0.25, -0.2) is 0 Å². The van der Waals surface area contributed by atoms with Crippen LogP contribution in [0.4, 0.5) is 17.1 Å². The molecule has 1 saturated carbocycles. The quantitative estimate of drug-likeness (QED) is 0.140. The predicted molar refractivity (Wildman–Crippen MR) is 298 cm³/mol. The Labute approximate surface area is 410 Å². The van der Waals surface area contributed by atoms with Gasteiger partial charge in [-0.3, -0.25) is 0 Å². The smallest absolute Gasteiger partial charge is 0.0547 e. The monoisotopic (exact) mass is 896 g/mol. The Hall–Kier alpha value is -8.46. The highest BCUT2D eigenvalue weighted by Gasteiger charge is 2.27. The zero-order valence-electron chi connectivity index (χ0n) is 39.2. The van der Waals surface area contributed by atoms with Crippen LogP contribution in [0.1, 0.15) is 43.6 Å². The fourth-order valence-electron chi connectivity index (χ4n) is 11.9. The molecule has 0 unspecified atom stereocenters. The van der Waals surface area contributed by atoms with Crippen LogP contribution < -0.4 is 4.90 Å². The molecule has 1 aliphatic carbocycles. The third kappa shape index (κ3) is 7.18. The molecule has 13 rings (SSSR count). The van der Waals surface area contributed by atoms with E-state index in [9.17, 15) is 0 Å². The average Bonchev–Trinajstić information content (AvgIpc) is 3.78. The van der Waals surface area contributed by atoms with Crippen molar-refractivity contribution in [2.75, 3.05) is 4.90 Å². The summed E-state index contributed by atoms with van der Waals surface area (Å²) in [6.45, 7) is 0. The van der Waals surface area contributed by atoms with E-state index >= 15 is 0 Å². The largest absolute Gasteiger partial charge is 0.309 e. The van der Waals surface area contributed by atoms with Crippen molar-refractivity contribution in [1.82, 2.24) is 4.57 Å². The average molecular weight is 897 g/mol. The molecule has 2 nitrogen and oxygen atoms in total. The highest BCUT2D eigenvalue weighted by Crippen LogP contribution is 2.52. The Balaban J connectivity index is 1.13. The lowest BCUT2D eigenvalue weighted by atomic mass is 9.80. The number of rotatable bonds is 9. The maximum absolute atomic E-state index is 2.60. The van der Waals surface area contributed by atoms with Crippen LogP contribution in [0.3, 0.4) is 0 Å². The minimum Gasteiger partial charge on any atom is -0.309 e. The summed E-state index contributed by atoms with van der Waals surface area (Å²) >= 11 is 0. The van der Waals surface area contributed by atoms with Gasteiger partial charge in [-0.15, -0.1) is 0 Å². The van der Waals surface area contributed by atoms with Crippen LogP contribution in [0.5, 0.6) is 0 Å². The van der Waals surface area contributed by atoms with Gasteiger partial charge in [0.25, 0.3) is 0 Å². The van der Waals surface area contributed by atoms with Gasteiger partial charge in [0.1, 0.15) is 0 Å². The predicted octanol–water partition coefficient (Wildman–Crippen LogP) is 19.3. The van der Waals surface area contributed by atoms with E-state index in [0.717, 1.165) is 33.9 Å². The van der Waals surface area contributed by atoms with Gasteiger partial charge in [0.2, 0.25) is 0 Å². The van der Waals surface area contributed by atoms with Crippen molar-refractivity contribution in [2.24, 2.45) is 0 Å². The molecule has 0 amide bonds. The van der Waals surface area contributed by atoms with E-state index in [1.54, 1.807) is 0 Å². The Morgan fingerprint density at radius 2 is 0.871 bits per heavy atom. The minimum absolute atomic E-state index is 0.545. The van der Waals surface area contributed by atoms with E-state index < -0.39 is 0 Å². The van der Waals surface area contributed by atoms with E-state index in [4.69, 9.17) is 0 Å². The highest BCUT2D eigenvalue weighted by molar-refractivity contribution is 6.17. The van der Waals surface area contributed by atoms with Crippen LogP contribution in [0, 0.1) is 0 Å². The van der Waals surface area contributed by atoms with Crippen molar-refractivity contribution < 1.29 is 0 Å². The Bertz CT molecular complexity index is 3860. The molecule has 0 spiro atoms. The molecule has 1 heterocycles. The molecule has 0 bridgehead atoms. The molecular formula is C68H52N2. The van der Waals surface area contributed by atoms with E-state index in [0.29, 0.717) is 5.92 Å². The van der Waals surface area contributed by atoms with Gasteiger partial charge in [-0.05, 0) is 116 Å². The Kier molecular flexibility index (Phi) is 10.7. The lowest BCUT2D eigenvalue weighted by Gasteiger charge is -2.32. The summed E-state index contributed by atoms with van der Waals surface area (Å²) in [4.78, 5) is 2.60. The molecule has 2 heteroatoms. The summed E-state index contributed by atoms with van der Waals surface area (Å²) in [6.07, 6.45) is 6.38. The van der Waals surface area contributed by atoms with Gasteiger partial charge >= 0.3 is 0 Å². The molecule has 0 radical (unpaired) electrons. The third-order valence-electron chi connectivity index (χ3n) is 15.0. The molecule has 1 aliphatic rings. The van der Waals surface area contributed by atoms with E-state index in [1.807, 2.05) is 0 Å². The summed E-state index contributed by atoms with van der Waals surface area (Å²) in [5.74, 6) is 0.545. The van der Waals surface area contributed by atoms with Crippen LogP contribution in [0.15, 0.2) is 249 Å². The van der Waals surface area contributed by atoms with Crippen LogP contribution >= 0.6 is 0 Å². The second-order valence-electron chi connectivity index (χ2n) is 19.0. The van der Waals surface area contributed by atoms with Crippen molar-refractivity contribution in [1.29, 1.82) is 0 Å². The zero-order valence-corrected chi connectivity index (χ0v) is 39.2. The van der Waals surface area contributed by atoms with E-state index in [2.05, 4.69) is 258 Å². The molecule has 11 aromatic carbocycles. The SMILES string of the molecule is c1ccc(-c2ccc(-c3cccc4ccccc34)cc2N(c2ccccc2-c2cccc3cccc(C4CCCCC4)c23)c2ccccc2-c2cccc3c2c2ccccc2n3-c2ccccc2)cc1. The van der Waals surface area contributed by atoms with Gasteiger partial charge < -0.3 is 9.47 Å². The number of benzene rings is 11. The topological polar surface area (TPSA) is 8.17 Å². The third-order valence-corrected chi connectivity index (χ3v) is 15.0. The maximum atomic E-state index is 2.60. The summed E-state index contributed by atoms with van der Waals surface area (Å²) in [6, 6.07) is 92.4. The minimum atomic E-state index is 0.545. The van der Waals surface area contributed by atoms with Gasteiger partial charge in [-0.2, -0.15) is 0 Å². The molecule has 1 aromatic heterocycles. The molecule has 334 valence electrons. The first-order valence-electron chi connectivity index (χ1n) is 25.0. The van der Waals surface area contributed by atoms with Crippen LogP contribution in [-0.4, -0.2) is 4.57 Å². The molecule has 0 atom stereocenters. The van der Waals surface area contributed by atoms with Crippen LogP contribution in [0.25, 0.3) is 93.5 Å². The number of anilines is 3. The molecule has 70 heavy (non-hydrogen) atoms. The molecule has 0 saturated heterocycles. The van der Waals surface area contributed by atoms with E-state index in [-0.39, 0.29) is 0 Å². The number of fused-ring (bicyclic) bond motifs is 5. The Morgan fingerprint density at radius 3 is 1.63 bits per heavy atom. The first kappa shape index (κ1) is 41.7. The van der Waals surface area contributed by atoms with Gasteiger partial charge in [0, 0.05) is 33.2 Å². The first-order valence-corrected chi connectivity index (χ1v) is 25.0. The second kappa shape index (κ2) is 17.9. The van der Waals surface area contributed by atoms with E-state index in [1.165, 1.54) is 114 Å². The van der Waals surface area contributed by atoms with Crippen molar-refractivity contribution in [3.8, 4) is 50.2 Å². The van der Waals surface area contributed by atoms with Crippen LogP contribution in [0.2, 0.25) is 0 Å². The van der Waals surface area contributed by atoms with Gasteiger partial charge in [0.15, 0.2) is 0 Å². The summed E-state index contributed by atoms with van der Waals surface area (Å²) in [7, 11) is 0. The number of para-hydroxylation sites is 4. The summed E-state index contributed by atoms with van der Waals surface area (Å²) in [5.41, 5.74) is 17.9. The second-order valence-corrected chi connectivity index (χ2v) is 19.0. The first-order chi connectivity index (χ1) is 34.8. The molecular weight excluding hydrogens is 845 g/mol. The van der Waals surface area contributed by atoms with Crippen molar-refractivity contribution in [2.45, 2.75) is 38.0 Å². The van der Waals surface area contributed by atoms with Crippen LogP contribution in [-0.2, 0) is 0 Å². The number of hydrogen-bond donors (Lipinski definition) is 0. The highest BCUT2D eigenvalue weighted by atomic mass is 15.2. The number of nitrogens with zero attached hydrogens (tertiary/aromatic N) is 2. The maximum Gasteiger partial charge on any atom is 0.0547 e. The standard InChI is InChI=1S/C68H52N2/c1-4-22-48(23-5-1)55-45-44-51(54-36-18-27-47-26-10-11-32-53(47)54)46-66(55)70(62-40-15-12-33-57(62)59-38-20-29-50-28-19-37-56(67(50)59)49-24-6-2-7-25-49)63-41-16-13-34-58(63)60-39-21-43-65-68(60)61-35-14-17-42-64(61)69(65)52-30-8-3-9-31-52/h1,3-5,8-23,26-46,49H,2,6-7,24-25H2. The summed E-state index contributed by atoms with van der Waals surface area (Å²) in [5, 5.41) is 7.61. The van der Waals surface area contributed by atoms with Gasteiger partial charge in [0.05, 0.1) is 28.1 Å². The normalized spacial score (nSPS) is 13.1. The summed E-state index contributed by atoms with van der Waals surface area (Å²) < 4.78 is 2.43. The lowest BCUT2D eigenvalue weighted by Crippen LogP contribution is -2.14. The van der Waals surface area contributed by atoms with Crippen molar-refractivity contribution in [3.05, 3.63) is 254 Å².